The number of aryl methyl sites for hydroxylation is 1. The van der Waals surface area contributed by atoms with Crippen LogP contribution in [0.5, 0.6) is 0 Å². The van der Waals surface area contributed by atoms with Crippen molar-refractivity contribution in [3.8, 4) is 0 Å². The summed E-state index contributed by atoms with van der Waals surface area (Å²) < 4.78 is 0. The number of carbonyl (C=O) groups excluding carboxylic acids is 1. The van der Waals surface area contributed by atoms with Gasteiger partial charge in [0.2, 0.25) is 0 Å². The third-order valence-corrected chi connectivity index (χ3v) is 3.09. The molecule has 19 heavy (non-hydrogen) atoms. The lowest BCUT2D eigenvalue weighted by Gasteiger charge is -2.09. The Kier molecular flexibility index (Phi) is 4.31. The fraction of sp³-hybridized carbons (Fsp3) is 0.188. The Labute approximate surface area is 113 Å². The largest absolute Gasteiger partial charge is 0.348 e. The maximum atomic E-state index is 12.0. The smallest absolute Gasteiger partial charge is 0.251 e. The lowest BCUT2D eigenvalue weighted by atomic mass is 10.1. The average molecular weight is 254 g/mol. The maximum Gasteiger partial charge on any atom is 0.251 e. The van der Waals surface area contributed by atoms with Gasteiger partial charge in [0.05, 0.1) is 0 Å². The molecular formula is C16H18N2O. The van der Waals surface area contributed by atoms with Gasteiger partial charge in [-0.15, -0.1) is 0 Å². The maximum absolute atomic E-state index is 12.0. The molecule has 0 saturated carbocycles. The Balaban J connectivity index is 2.02. The van der Waals surface area contributed by atoms with Gasteiger partial charge in [0.15, 0.2) is 0 Å². The van der Waals surface area contributed by atoms with Gasteiger partial charge in [-0.1, -0.05) is 42.0 Å². The van der Waals surface area contributed by atoms with E-state index in [9.17, 15) is 4.79 Å². The van der Waals surface area contributed by atoms with Gasteiger partial charge < -0.3 is 11.1 Å². The molecule has 2 aromatic carbocycles. The molecule has 2 aromatic rings. The summed E-state index contributed by atoms with van der Waals surface area (Å²) in [6.07, 6.45) is 0. The van der Waals surface area contributed by atoms with E-state index in [0.29, 0.717) is 18.7 Å². The molecule has 0 aliphatic carbocycles. The predicted molar refractivity (Wildman–Crippen MR) is 76.7 cm³/mol. The average Bonchev–Trinajstić information content (AvgIpc) is 2.45. The zero-order chi connectivity index (χ0) is 13.7. The summed E-state index contributed by atoms with van der Waals surface area (Å²) >= 11 is 0. The molecule has 0 aliphatic heterocycles. The second-order valence-corrected chi connectivity index (χ2v) is 4.52. The van der Waals surface area contributed by atoms with E-state index >= 15 is 0 Å². The van der Waals surface area contributed by atoms with Crippen LogP contribution >= 0.6 is 0 Å². The first-order valence-corrected chi connectivity index (χ1v) is 6.32. The van der Waals surface area contributed by atoms with E-state index in [1.165, 1.54) is 0 Å². The van der Waals surface area contributed by atoms with Crippen LogP contribution in [-0.2, 0) is 13.1 Å². The van der Waals surface area contributed by atoms with Crippen molar-refractivity contribution in [2.45, 2.75) is 20.0 Å². The number of rotatable bonds is 4. The van der Waals surface area contributed by atoms with Gasteiger partial charge in [0.25, 0.3) is 5.91 Å². The molecular weight excluding hydrogens is 236 g/mol. The molecule has 0 unspecified atom stereocenters. The van der Waals surface area contributed by atoms with Gasteiger partial charge in [-0.2, -0.15) is 0 Å². The van der Waals surface area contributed by atoms with Crippen LogP contribution in [0.2, 0.25) is 0 Å². The van der Waals surface area contributed by atoms with Crippen molar-refractivity contribution in [3.05, 3.63) is 70.8 Å². The fourth-order valence-corrected chi connectivity index (χ4v) is 1.91. The summed E-state index contributed by atoms with van der Waals surface area (Å²) in [7, 11) is 0. The predicted octanol–water partition coefficient (Wildman–Crippen LogP) is 2.38. The van der Waals surface area contributed by atoms with Crippen LogP contribution in [0.4, 0.5) is 0 Å². The van der Waals surface area contributed by atoms with Gasteiger partial charge in [-0.05, 0) is 30.2 Å². The first-order valence-electron chi connectivity index (χ1n) is 6.32. The molecule has 3 nitrogen and oxygen atoms in total. The third kappa shape index (κ3) is 3.42. The zero-order valence-electron chi connectivity index (χ0n) is 11.0. The highest BCUT2D eigenvalue weighted by Gasteiger charge is 2.06. The molecule has 0 aliphatic rings. The Hall–Kier alpha value is -2.13. The molecule has 0 radical (unpaired) electrons. The summed E-state index contributed by atoms with van der Waals surface area (Å²) in [5.41, 5.74) is 9.61. The van der Waals surface area contributed by atoms with Crippen molar-refractivity contribution in [1.29, 1.82) is 0 Å². The highest BCUT2D eigenvalue weighted by molar-refractivity contribution is 5.94. The van der Waals surface area contributed by atoms with Crippen LogP contribution in [0.1, 0.15) is 27.0 Å². The summed E-state index contributed by atoms with van der Waals surface area (Å²) in [5, 5.41) is 2.91. The van der Waals surface area contributed by atoms with Gasteiger partial charge in [0.1, 0.15) is 0 Å². The Bertz CT molecular complexity index is 561. The number of hydrogen-bond donors (Lipinski definition) is 2. The van der Waals surface area contributed by atoms with Crippen LogP contribution in [0.15, 0.2) is 48.5 Å². The van der Waals surface area contributed by atoms with Crippen LogP contribution in [0.3, 0.4) is 0 Å². The highest BCUT2D eigenvalue weighted by atomic mass is 16.1. The molecule has 0 saturated heterocycles. The van der Waals surface area contributed by atoms with Crippen molar-refractivity contribution in [3.63, 3.8) is 0 Å². The van der Waals surface area contributed by atoms with Crippen molar-refractivity contribution < 1.29 is 4.79 Å². The number of benzene rings is 2. The summed E-state index contributed by atoms with van der Waals surface area (Å²) in [6.45, 7) is 2.98. The Morgan fingerprint density at radius 1 is 1.05 bits per heavy atom. The van der Waals surface area contributed by atoms with E-state index in [0.717, 1.165) is 16.7 Å². The Morgan fingerprint density at radius 3 is 2.32 bits per heavy atom. The number of nitrogens with one attached hydrogen (secondary N) is 1. The van der Waals surface area contributed by atoms with E-state index in [1.807, 2.05) is 55.5 Å². The standard InChI is InChI=1S/C16H18N2O/c1-12-6-8-13(9-7-12)16(19)18-11-15-5-3-2-4-14(15)10-17/h2-9H,10-11,17H2,1H3,(H,18,19). The highest BCUT2D eigenvalue weighted by Crippen LogP contribution is 2.08. The van der Waals surface area contributed by atoms with Gasteiger partial charge in [-0.3, -0.25) is 4.79 Å². The van der Waals surface area contributed by atoms with E-state index in [1.54, 1.807) is 0 Å². The first kappa shape index (κ1) is 13.3. The second kappa shape index (κ2) is 6.16. The quantitative estimate of drug-likeness (QED) is 0.880. The lowest BCUT2D eigenvalue weighted by Crippen LogP contribution is -2.23. The molecule has 3 N–H and O–H groups in total. The molecule has 2 rings (SSSR count). The van der Waals surface area contributed by atoms with E-state index in [4.69, 9.17) is 5.73 Å². The van der Waals surface area contributed by atoms with Crippen LogP contribution in [0, 0.1) is 6.92 Å². The van der Waals surface area contributed by atoms with Gasteiger partial charge in [-0.25, -0.2) is 0 Å². The van der Waals surface area contributed by atoms with E-state index in [-0.39, 0.29) is 5.91 Å². The minimum absolute atomic E-state index is 0.0631. The van der Waals surface area contributed by atoms with Gasteiger partial charge >= 0.3 is 0 Å². The number of amides is 1. The van der Waals surface area contributed by atoms with Gasteiger partial charge in [0, 0.05) is 18.7 Å². The normalized spacial score (nSPS) is 10.2. The van der Waals surface area contributed by atoms with Crippen molar-refractivity contribution in [2.24, 2.45) is 5.73 Å². The molecule has 0 aromatic heterocycles. The lowest BCUT2D eigenvalue weighted by molar-refractivity contribution is 0.0951. The minimum atomic E-state index is -0.0631. The monoisotopic (exact) mass is 254 g/mol. The second-order valence-electron chi connectivity index (χ2n) is 4.52. The summed E-state index contributed by atoms with van der Waals surface area (Å²) in [6, 6.07) is 15.4. The molecule has 0 spiro atoms. The molecule has 0 bridgehead atoms. The molecule has 98 valence electrons. The number of carbonyl (C=O) groups is 1. The Morgan fingerprint density at radius 2 is 1.68 bits per heavy atom. The zero-order valence-corrected chi connectivity index (χ0v) is 11.0. The van der Waals surface area contributed by atoms with Crippen LogP contribution in [0.25, 0.3) is 0 Å². The topological polar surface area (TPSA) is 55.1 Å². The van der Waals surface area contributed by atoms with Crippen molar-refractivity contribution in [2.75, 3.05) is 0 Å². The van der Waals surface area contributed by atoms with E-state index < -0.39 is 0 Å². The molecule has 3 heteroatoms. The molecule has 0 fully saturated rings. The SMILES string of the molecule is Cc1ccc(C(=O)NCc2ccccc2CN)cc1. The molecule has 1 amide bonds. The number of nitrogens with two attached hydrogens (primary N) is 1. The first-order chi connectivity index (χ1) is 9.20. The summed E-state index contributed by atoms with van der Waals surface area (Å²) in [5.74, 6) is -0.0631. The fourth-order valence-electron chi connectivity index (χ4n) is 1.91. The third-order valence-electron chi connectivity index (χ3n) is 3.09. The van der Waals surface area contributed by atoms with Crippen molar-refractivity contribution >= 4 is 5.91 Å². The summed E-state index contributed by atoms with van der Waals surface area (Å²) in [4.78, 5) is 12.0. The van der Waals surface area contributed by atoms with Crippen molar-refractivity contribution in [1.82, 2.24) is 5.32 Å². The molecule has 0 atom stereocenters. The van der Waals surface area contributed by atoms with Crippen LogP contribution < -0.4 is 11.1 Å². The molecule has 0 heterocycles. The minimum Gasteiger partial charge on any atom is -0.348 e. The van der Waals surface area contributed by atoms with E-state index in [2.05, 4.69) is 5.32 Å². The number of hydrogen-bond acceptors (Lipinski definition) is 2. The van der Waals surface area contributed by atoms with Crippen LogP contribution in [-0.4, -0.2) is 5.91 Å².